The van der Waals surface area contributed by atoms with Gasteiger partial charge in [0, 0.05) is 45.0 Å². The number of hydrogen-bond acceptors (Lipinski definition) is 5. The van der Waals surface area contributed by atoms with Gasteiger partial charge in [-0.3, -0.25) is 9.58 Å². The van der Waals surface area contributed by atoms with Crippen molar-refractivity contribution < 1.29 is 14.6 Å². The molecule has 0 bridgehead atoms. The SMILES string of the molecule is Cc1ccc(O[C@H]2CN(Cc3ccc(OCCCn4cccn4)cc3)C[C@@H]2O)cc1C. The van der Waals surface area contributed by atoms with Crippen molar-refractivity contribution in [2.75, 3.05) is 19.7 Å². The summed E-state index contributed by atoms with van der Waals surface area (Å²) in [7, 11) is 0. The Hall–Kier alpha value is -2.83. The molecule has 164 valence electrons. The smallest absolute Gasteiger partial charge is 0.138 e. The molecule has 0 radical (unpaired) electrons. The van der Waals surface area contributed by atoms with E-state index >= 15 is 0 Å². The van der Waals surface area contributed by atoms with E-state index in [9.17, 15) is 5.11 Å². The lowest BCUT2D eigenvalue weighted by atomic mass is 10.1. The fraction of sp³-hybridized carbons (Fsp3) is 0.400. The molecule has 1 fully saturated rings. The highest BCUT2D eigenvalue weighted by Crippen LogP contribution is 2.23. The van der Waals surface area contributed by atoms with Crippen LogP contribution >= 0.6 is 0 Å². The van der Waals surface area contributed by atoms with Crippen LogP contribution in [-0.2, 0) is 13.1 Å². The van der Waals surface area contributed by atoms with Gasteiger partial charge < -0.3 is 14.6 Å². The molecular formula is C25H31N3O3. The van der Waals surface area contributed by atoms with Crippen LogP contribution in [0.15, 0.2) is 60.9 Å². The van der Waals surface area contributed by atoms with Gasteiger partial charge in [0.15, 0.2) is 0 Å². The summed E-state index contributed by atoms with van der Waals surface area (Å²) in [6.45, 7) is 7.78. The van der Waals surface area contributed by atoms with Crippen LogP contribution in [0.25, 0.3) is 0 Å². The topological polar surface area (TPSA) is 59.8 Å². The Labute approximate surface area is 184 Å². The molecule has 1 saturated heterocycles. The Balaban J connectivity index is 1.23. The zero-order valence-electron chi connectivity index (χ0n) is 18.3. The van der Waals surface area contributed by atoms with Gasteiger partial charge in [-0.15, -0.1) is 0 Å². The third-order valence-corrected chi connectivity index (χ3v) is 5.77. The van der Waals surface area contributed by atoms with Crippen molar-refractivity contribution in [2.45, 2.75) is 45.6 Å². The monoisotopic (exact) mass is 421 g/mol. The van der Waals surface area contributed by atoms with E-state index in [1.165, 1.54) is 16.7 Å². The maximum Gasteiger partial charge on any atom is 0.138 e. The van der Waals surface area contributed by atoms with Crippen molar-refractivity contribution in [1.29, 1.82) is 0 Å². The standard InChI is InChI=1S/C25H31N3O3/c1-19-5-8-23(15-20(19)2)31-25-18-27(17-24(25)29)16-21-6-9-22(10-7-21)30-14-4-13-28-12-3-11-26-28/h3,5-12,15,24-25,29H,4,13-14,16-18H2,1-2H3/t24-,25-/m0/s1. The molecular weight excluding hydrogens is 390 g/mol. The predicted molar refractivity (Wildman–Crippen MR) is 120 cm³/mol. The molecule has 0 spiro atoms. The van der Waals surface area contributed by atoms with E-state index in [0.717, 1.165) is 31.0 Å². The maximum absolute atomic E-state index is 10.5. The third-order valence-electron chi connectivity index (χ3n) is 5.77. The second kappa shape index (κ2) is 9.98. The summed E-state index contributed by atoms with van der Waals surface area (Å²) in [5.74, 6) is 1.70. The first-order valence-corrected chi connectivity index (χ1v) is 10.9. The maximum atomic E-state index is 10.5. The Morgan fingerprint density at radius 2 is 1.84 bits per heavy atom. The second-order valence-electron chi connectivity index (χ2n) is 8.28. The summed E-state index contributed by atoms with van der Waals surface area (Å²) in [4.78, 5) is 2.23. The minimum absolute atomic E-state index is 0.209. The first-order chi connectivity index (χ1) is 15.1. The van der Waals surface area contributed by atoms with Crippen molar-refractivity contribution in [2.24, 2.45) is 0 Å². The lowest BCUT2D eigenvalue weighted by molar-refractivity contribution is 0.0736. The molecule has 1 N–H and O–H groups in total. The van der Waals surface area contributed by atoms with E-state index < -0.39 is 6.10 Å². The molecule has 0 unspecified atom stereocenters. The molecule has 3 aromatic rings. The van der Waals surface area contributed by atoms with Gasteiger partial charge in [0.05, 0.1) is 6.61 Å². The van der Waals surface area contributed by atoms with Gasteiger partial charge in [0.1, 0.15) is 23.7 Å². The number of nitrogens with zero attached hydrogens (tertiary/aromatic N) is 3. The Morgan fingerprint density at radius 3 is 2.58 bits per heavy atom. The fourth-order valence-corrected chi connectivity index (χ4v) is 3.84. The van der Waals surface area contributed by atoms with Gasteiger partial charge in [-0.05, 0) is 60.9 Å². The highest BCUT2D eigenvalue weighted by Gasteiger charge is 2.33. The molecule has 2 atom stereocenters. The van der Waals surface area contributed by atoms with Crippen LogP contribution in [0, 0.1) is 13.8 Å². The highest BCUT2D eigenvalue weighted by atomic mass is 16.5. The molecule has 4 rings (SSSR count). The number of aliphatic hydroxyl groups excluding tert-OH is 1. The molecule has 0 amide bonds. The summed E-state index contributed by atoms with van der Waals surface area (Å²) >= 11 is 0. The molecule has 1 aromatic heterocycles. The molecule has 6 heteroatoms. The predicted octanol–water partition coefficient (Wildman–Crippen LogP) is 3.59. The summed E-state index contributed by atoms with van der Waals surface area (Å²) < 4.78 is 13.8. The van der Waals surface area contributed by atoms with Gasteiger partial charge >= 0.3 is 0 Å². The number of benzene rings is 2. The first-order valence-electron chi connectivity index (χ1n) is 10.9. The number of likely N-dealkylation sites (tertiary alicyclic amines) is 1. The highest BCUT2D eigenvalue weighted by molar-refractivity contribution is 5.34. The van der Waals surface area contributed by atoms with Gasteiger partial charge in [0.2, 0.25) is 0 Å². The van der Waals surface area contributed by atoms with Crippen LogP contribution in [-0.4, -0.2) is 51.7 Å². The van der Waals surface area contributed by atoms with E-state index in [1.807, 2.05) is 41.2 Å². The van der Waals surface area contributed by atoms with Gasteiger partial charge in [0.25, 0.3) is 0 Å². The van der Waals surface area contributed by atoms with Crippen LogP contribution in [0.1, 0.15) is 23.1 Å². The molecule has 1 aliphatic rings. The quantitative estimate of drug-likeness (QED) is 0.535. The number of ether oxygens (including phenoxy) is 2. The molecule has 0 aliphatic carbocycles. The number of aliphatic hydroxyl groups is 1. The van der Waals surface area contributed by atoms with E-state index in [-0.39, 0.29) is 6.10 Å². The third kappa shape index (κ3) is 5.87. The van der Waals surface area contributed by atoms with Crippen molar-refractivity contribution >= 4 is 0 Å². The second-order valence-corrected chi connectivity index (χ2v) is 8.28. The van der Waals surface area contributed by atoms with Gasteiger partial charge in [-0.1, -0.05) is 18.2 Å². The van der Waals surface area contributed by atoms with Crippen molar-refractivity contribution in [3.05, 3.63) is 77.6 Å². The average Bonchev–Trinajstić information content (AvgIpc) is 3.39. The first kappa shape index (κ1) is 21.4. The summed E-state index contributed by atoms with van der Waals surface area (Å²) in [6.07, 6.45) is 3.97. The molecule has 2 heterocycles. The number of aromatic nitrogens is 2. The molecule has 2 aromatic carbocycles. The van der Waals surface area contributed by atoms with Crippen LogP contribution in [0.4, 0.5) is 0 Å². The lowest BCUT2D eigenvalue weighted by Crippen LogP contribution is -2.29. The minimum atomic E-state index is -0.487. The zero-order chi connectivity index (χ0) is 21.6. The van der Waals surface area contributed by atoms with Gasteiger partial charge in [-0.25, -0.2) is 0 Å². The van der Waals surface area contributed by atoms with E-state index in [4.69, 9.17) is 9.47 Å². The summed E-state index contributed by atoms with van der Waals surface area (Å²) in [6, 6.07) is 16.2. The normalized spacial score (nSPS) is 18.9. The number of β-amino-alcohol motifs (C(OH)–C–C–N with tert-alkyl or cyclic N) is 1. The van der Waals surface area contributed by atoms with Crippen LogP contribution < -0.4 is 9.47 Å². The number of aryl methyl sites for hydroxylation is 3. The summed E-state index contributed by atoms with van der Waals surface area (Å²) in [5.41, 5.74) is 3.64. The average molecular weight is 422 g/mol. The van der Waals surface area contributed by atoms with Crippen molar-refractivity contribution in [3.63, 3.8) is 0 Å². The Kier molecular flexibility index (Phi) is 6.89. The molecule has 31 heavy (non-hydrogen) atoms. The zero-order valence-corrected chi connectivity index (χ0v) is 18.3. The van der Waals surface area contributed by atoms with Crippen molar-refractivity contribution in [1.82, 2.24) is 14.7 Å². The fourth-order valence-electron chi connectivity index (χ4n) is 3.84. The number of hydrogen-bond donors (Lipinski definition) is 1. The Bertz CT molecular complexity index is 957. The van der Waals surface area contributed by atoms with Gasteiger partial charge in [-0.2, -0.15) is 5.10 Å². The van der Waals surface area contributed by atoms with Crippen LogP contribution in [0.5, 0.6) is 11.5 Å². The Morgan fingerprint density at radius 1 is 1.03 bits per heavy atom. The minimum Gasteiger partial charge on any atom is -0.494 e. The van der Waals surface area contributed by atoms with E-state index in [2.05, 4.69) is 42.0 Å². The van der Waals surface area contributed by atoms with E-state index in [0.29, 0.717) is 19.7 Å². The van der Waals surface area contributed by atoms with Crippen LogP contribution in [0.3, 0.4) is 0 Å². The lowest BCUT2D eigenvalue weighted by Gasteiger charge is -2.18. The molecule has 1 aliphatic heterocycles. The van der Waals surface area contributed by atoms with E-state index in [1.54, 1.807) is 6.20 Å². The largest absolute Gasteiger partial charge is 0.494 e. The van der Waals surface area contributed by atoms with Crippen molar-refractivity contribution in [3.8, 4) is 11.5 Å². The number of rotatable bonds is 9. The van der Waals surface area contributed by atoms with Crippen LogP contribution in [0.2, 0.25) is 0 Å². The molecule has 6 nitrogen and oxygen atoms in total. The molecule has 0 saturated carbocycles. The summed E-state index contributed by atoms with van der Waals surface area (Å²) in [5, 5.41) is 14.7.